The van der Waals surface area contributed by atoms with Gasteiger partial charge in [-0.3, -0.25) is 0 Å². The summed E-state index contributed by atoms with van der Waals surface area (Å²) in [6.07, 6.45) is 1.78. The van der Waals surface area contributed by atoms with Gasteiger partial charge < -0.3 is 14.8 Å². The summed E-state index contributed by atoms with van der Waals surface area (Å²) in [4.78, 5) is 17.7. The van der Waals surface area contributed by atoms with Crippen molar-refractivity contribution in [2.45, 2.75) is 51.7 Å². The Hall–Kier alpha value is -2.00. The van der Waals surface area contributed by atoms with Crippen molar-refractivity contribution in [1.29, 1.82) is 0 Å². The van der Waals surface area contributed by atoms with E-state index in [1.165, 1.54) is 0 Å². The second-order valence-corrected chi connectivity index (χ2v) is 8.81. The SMILES string of the molecule is CCCOC(=O)C1=C(C)Nc2nc(SCCC)nn2C1c1cc(Br)ccc1OCC. The number of fused-ring (bicyclic) bond motifs is 1. The molecule has 0 radical (unpaired) electrons. The van der Waals surface area contributed by atoms with Crippen LogP contribution < -0.4 is 10.1 Å². The van der Waals surface area contributed by atoms with E-state index in [2.05, 4.69) is 33.2 Å². The third kappa shape index (κ3) is 4.83. The minimum absolute atomic E-state index is 0.362. The largest absolute Gasteiger partial charge is 0.494 e. The maximum Gasteiger partial charge on any atom is 0.338 e. The number of hydrogen-bond donors (Lipinski definition) is 1. The van der Waals surface area contributed by atoms with E-state index in [-0.39, 0.29) is 5.97 Å². The van der Waals surface area contributed by atoms with Crippen molar-refractivity contribution >= 4 is 39.6 Å². The van der Waals surface area contributed by atoms with Gasteiger partial charge in [-0.05, 0) is 44.9 Å². The minimum Gasteiger partial charge on any atom is -0.494 e. The summed E-state index contributed by atoms with van der Waals surface area (Å²) in [5, 5.41) is 8.62. The summed E-state index contributed by atoms with van der Waals surface area (Å²) >= 11 is 5.15. The summed E-state index contributed by atoms with van der Waals surface area (Å²) < 4.78 is 14.1. The first-order valence-electron chi connectivity index (χ1n) is 10.2. The standard InChI is InChI=1S/C21H27BrN4O3S/c1-5-10-29-19(27)17-13(4)23-20-24-21(30-11-6-2)25-26(20)18(17)15-12-14(22)8-9-16(15)28-7-3/h8-9,12,18H,5-7,10-11H2,1-4H3,(H,23,24,25). The third-order valence-corrected chi connectivity index (χ3v) is 6.03. The fourth-order valence-corrected chi connectivity index (χ4v) is 4.29. The molecule has 0 bridgehead atoms. The molecule has 1 aliphatic rings. The number of thioether (sulfide) groups is 1. The lowest BCUT2D eigenvalue weighted by molar-refractivity contribution is -0.139. The predicted molar refractivity (Wildman–Crippen MR) is 122 cm³/mol. The van der Waals surface area contributed by atoms with E-state index in [4.69, 9.17) is 14.6 Å². The van der Waals surface area contributed by atoms with Gasteiger partial charge in [0.25, 0.3) is 0 Å². The van der Waals surface area contributed by atoms with Gasteiger partial charge in [0.1, 0.15) is 11.8 Å². The molecule has 0 saturated carbocycles. The van der Waals surface area contributed by atoms with Crippen LogP contribution in [0.1, 0.15) is 52.1 Å². The normalized spacial score (nSPS) is 15.6. The van der Waals surface area contributed by atoms with Gasteiger partial charge in [0, 0.05) is 21.5 Å². The number of aromatic nitrogens is 3. The highest BCUT2D eigenvalue weighted by Crippen LogP contribution is 2.41. The lowest BCUT2D eigenvalue weighted by Crippen LogP contribution is -2.30. The van der Waals surface area contributed by atoms with Crippen molar-refractivity contribution in [2.75, 3.05) is 24.3 Å². The number of ether oxygens (including phenoxy) is 2. The summed E-state index contributed by atoms with van der Waals surface area (Å²) in [7, 11) is 0. The molecule has 1 unspecified atom stereocenters. The number of carbonyl (C=O) groups is 1. The molecule has 7 nitrogen and oxygen atoms in total. The van der Waals surface area contributed by atoms with Crippen molar-refractivity contribution in [3.63, 3.8) is 0 Å². The number of benzene rings is 1. The molecule has 0 spiro atoms. The number of carbonyl (C=O) groups excluding carboxylic acids is 1. The van der Waals surface area contributed by atoms with Gasteiger partial charge in [-0.15, -0.1) is 5.10 Å². The second-order valence-electron chi connectivity index (χ2n) is 6.83. The van der Waals surface area contributed by atoms with Crippen LogP contribution in [-0.4, -0.2) is 39.7 Å². The van der Waals surface area contributed by atoms with Crippen LogP contribution in [0.15, 0.2) is 39.1 Å². The zero-order valence-electron chi connectivity index (χ0n) is 17.7. The molecule has 0 amide bonds. The molecule has 30 heavy (non-hydrogen) atoms. The molecule has 1 aromatic heterocycles. The van der Waals surface area contributed by atoms with Gasteiger partial charge >= 0.3 is 5.97 Å². The fraction of sp³-hybridized carbons (Fsp3) is 0.476. The maximum atomic E-state index is 13.1. The molecular weight excluding hydrogens is 468 g/mol. The topological polar surface area (TPSA) is 78.3 Å². The van der Waals surface area contributed by atoms with Crippen LogP contribution in [0.2, 0.25) is 0 Å². The van der Waals surface area contributed by atoms with Gasteiger partial charge in [0.2, 0.25) is 11.1 Å². The van der Waals surface area contributed by atoms with E-state index >= 15 is 0 Å². The van der Waals surface area contributed by atoms with Crippen molar-refractivity contribution in [2.24, 2.45) is 0 Å². The smallest absolute Gasteiger partial charge is 0.338 e. The molecule has 1 atom stereocenters. The number of anilines is 1. The molecule has 162 valence electrons. The molecule has 0 aliphatic carbocycles. The summed E-state index contributed by atoms with van der Waals surface area (Å²) in [6, 6.07) is 5.28. The minimum atomic E-state index is -0.506. The highest BCUT2D eigenvalue weighted by molar-refractivity contribution is 9.10. The summed E-state index contributed by atoms with van der Waals surface area (Å²) in [6.45, 7) is 8.77. The van der Waals surface area contributed by atoms with Crippen LogP contribution in [0.3, 0.4) is 0 Å². The number of hydrogen-bond acceptors (Lipinski definition) is 7. The molecular formula is C21H27BrN4O3S. The monoisotopic (exact) mass is 494 g/mol. The number of esters is 1. The number of nitrogens with one attached hydrogen (secondary N) is 1. The zero-order valence-corrected chi connectivity index (χ0v) is 20.1. The van der Waals surface area contributed by atoms with Gasteiger partial charge in [0.05, 0.1) is 18.8 Å². The highest BCUT2D eigenvalue weighted by atomic mass is 79.9. The predicted octanol–water partition coefficient (Wildman–Crippen LogP) is 5.18. The Kier molecular flexibility index (Phi) is 7.82. The number of allylic oxidation sites excluding steroid dienone is 1. The lowest BCUT2D eigenvalue weighted by atomic mass is 9.95. The van der Waals surface area contributed by atoms with Crippen molar-refractivity contribution in [1.82, 2.24) is 14.8 Å². The molecule has 1 aromatic carbocycles. The van der Waals surface area contributed by atoms with Crippen LogP contribution in [0.5, 0.6) is 5.75 Å². The Balaban J connectivity index is 2.15. The average Bonchev–Trinajstić information content (AvgIpc) is 3.13. The highest BCUT2D eigenvalue weighted by Gasteiger charge is 2.37. The van der Waals surface area contributed by atoms with Gasteiger partial charge in [0.15, 0.2) is 0 Å². The van der Waals surface area contributed by atoms with Crippen LogP contribution in [-0.2, 0) is 9.53 Å². The van der Waals surface area contributed by atoms with Crippen molar-refractivity contribution in [3.05, 3.63) is 39.5 Å². The summed E-state index contributed by atoms with van der Waals surface area (Å²) in [5.74, 6) is 1.86. The zero-order chi connectivity index (χ0) is 21.7. The first kappa shape index (κ1) is 22.7. The molecule has 1 N–H and O–H groups in total. The number of nitrogens with zero attached hydrogens (tertiary/aromatic N) is 3. The van der Waals surface area contributed by atoms with Crippen LogP contribution in [0.4, 0.5) is 5.95 Å². The Bertz CT molecular complexity index is 944. The van der Waals surface area contributed by atoms with Crippen molar-refractivity contribution in [3.8, 4) is 5.75 Å². The Labute approximate surface area is 189 Å². The Morgan fingerprint density at radius 2 is 2.10 bits per heavy atom. The van der Waals surface area contributed by atoms with Gasteiger partial charge in [-0.2, -0.15) is 4.98 Å². The Morgan fingerprint density at radius 1 is 1.30 bits per heavy atom. The van der Waals surface area contributed by atoms with Gasteiger partial charge in [-0.25, -0.2) is 9.48 Å². The van der Waals surface area contributed by atoms with Crippen molar-refractivity contribution < 1.29 is 14.3 Å². The molecule has 9 heteroatoms. The first-order chi connectivity index (χ1) is 14.5. The lowest BCUT2D eigenvalue weighted by Gasteiger charge is -2.29. The number of rotatable bonds is 9. The van der Waals surface area contributed by atoms with E-state index in [1.807, 2.05) is 39.0 Å². The molecule has 1 aliphatic heterocycles. The third-order valence-electron chi connectivity index (χ3n) is 4.49. The Morgan fingerprint density at radius 3 is 2.80 bits per heavy atom. The molecule has 2 heterocycles. The van der Waals surface area contributed by atoms with Crippen LogP contribution >= 0.6 is 27.7 Å². The fourth-order valence-electron chi connectivity index (χ4n) is 3.23. The van der Waals surface area contributed by atoms with E-state index in [1.54, 1.807) is 16.4 Å². The van der Waals surface area contributed by atoms with E-state index in [9.17, 15) is 4.79 Å². The summed E-state index contributed by atoms with van der Waals surface area (Å²) in [5.41, 5.74) is 2.04. The first-order valence-corrected chi connectivity index (χ1v) is 11.9. The number of halogens is 1. The van der Waals surface area contributed by atoms with E-state index in [0.29, 0.717) is 41.3 Å². The van der Waals surface area contributed by atoms with Crippen LogP contribution in [0.25, 0.3) is 0 Å². The van der Waals surface area contributed by atoms with E-state index < -0.39 is 6.04 Å². The maximum absolute atomic E-state index is 13.1. The van der Waals surface area contributed by atoms with Gasteiger partial charge in [-0.1, -0.05) is 41.5 Å². The molecule has 3 rings (SSSR count). The molecule has 2 aromatic rings. The quantitative estimate of drug-likeness (QED) is 0.379. The average molecular weight is 495 g/mol. The molecule has 0 saturated heterocycles. The van der Waals surface area contributed by atoms with E-state index in [0.717, 1.165) is 28.6 Å². The van der Waals surface area contributed by atoms with Crippen LogP contribution in [0, 0.1) is 0 Å². The second kappa shape index (κ2) is 10.3. The molecule has 0 fully saturated rings.